The largest absolute Gasteiger partial charge is 0.493 e. The quantitative estimate of drug-likeness (QED) is 0.520. The average molecular weight is 427 g/mol. The maximum absolute atomic E-state index is 10.4. The molecule has 1 heterocycles. The lowest BCUT2D eigenvalue weighted by Gasteiger charge is -2.15. The molecule has 0 radical (unpaired) electrons. The molecule has 3 aromatic rings. The molecule has 0 spiro atoms. The van der Waals surface area contributed by atoms with Crippen molar-refractivity contribution in [3.05, 3.63) is 59.2 Å². The predicted octanol–water partition coefficient (Wildman–Crippen LogP) is 3.85. The van der Waals surface area contributed by atoms with E-state index in [0.717, 1.165) is 22.4 Å². The highest BCUT2D eigenvalue weighted by Gasteiger charge is 2.15. The number of rotatable bonds is 9. The maximum atomic E-state index is 10.4. The number of tetrazole rings is 1. The van der Waals surface area contributed by atoms with Crippen molar-refractivity contribution in [3.8, 4) is 17.2 Å². The Morgan fingerprint density at radius 3 is 2.77 bits per heavy atom. The molecule has 8 heteroatoms. The summed E-state index contributed by atoms with van der Waals surface area (Å²) in [5.74, 6) is 1.61. The Balaban J connectivity index is 1.61. The minimum absolute atomic E-state index is 0.136. The normalized spacial score (nSPS) is 12.3. The van der Waals surface area contributed by atoms with E-state index in [4.69, 9.17) is 9.47 Å². The number of nitrogens with zero attached hydrogens (tertiary/aromatic N) is 4. The van der Waals surface area contributed by atoms with Crippen LogP contribution in [0.4, 0.5) is 0 Å². The van der Waals surface area contributed by atoms with Crippen LogP contribution in [0.3, 0.4) is 0 Å². The van der Waals surface area contributed by atoms with E-state index in [1.807, 2.05) is 63.3 Å². The zero-order chi connectivity index (χ0) is 21.5. The summed E-state index contributed by atoms with van der Waals surface area (Å²) >= 11 is 1.38. The molecule has 0 amide bonds. The van der Waals surface area contributed by atoms with Gasteiger partial charge in [0.05, 0.1) is 18.9 Å². The van der Waals surface area contributed by atoms with Crippen LogP contribution in [0.2, 0.25) is 0 Å². The van der Waals surface area contributed by atoms with E-state index in [1.54, 1.807) is 11.8 Å². The summed E-state index contributed by atoms with van der Waals surface area (Å²) in [5.41, 5.74) is 4.16. The van der Waals surface area contributed by atoms with Gasteiger partial charge in [0, 0.05) is 5.75 Å². The first-order chi connectivity index (χ1) is 14.5. The molecule has 3 rings (SSSR count). The second-order valence-corrected chi connectivity index (χ2v) is 7.84. The van der Waals surface area contributed by atoms with Gasteiger partial charge in [0.1, 0.15) is 6.61 Å². The fourth-order valence-electron chi connectivity index (χ4n) is 2.87. The molecule has 0 aliphatic carbocycles. The Morgan fingerprint density at radius 2 is 2.00 bits per heavy atom. The molecule has 1 aromatic heterocycles. The first-order valence-corrected chi connectivity index (χ1v) is 10.6. The van der Waals surface area contributed by atoms with Crippen molar-refractivity contribution in [2.24, 2.45) is 0 Å². The number of methoxy groups -OCH3 is 1. The third-order valence-electron chi connectivity index (χ3n) is 4.42. The van der Waals surface area contributed by atoms with E-state index in [1.165, 1.54) is 11.8 Å². The number of hydrogen-bond donors (Lipinski definition) is 1. The number of aliphatic hydroxyl groups is 1. The van der Waals surface area contributed by atoms with Gasteiger partial charge in [-0.1, -0.05) is 42.1 Å². The third-order valence-corrected chi connectivity index (χ3v) is 5.48. The van der Waals surface area contributed by atoms with E-state index >= 15 is 0 Å². The van der Waals surface area contributed by atoms with Crippen molar-refractivity contribution in [1.29, 1.82) is 0 Å². The molecule has 1 N–H and O–H groups in total. The van der Waals surface area contributed by atoms with Gasteiger partial charge in [-0.05, 0) is 66.1 Å². The second kappa shape index (κ2) is 10.3. The van der Waals surface area contributed by atoms with Crippen LogP contribution in [0.15, 0.2) is 47.6 Å². The highest BCUT2D eigenvalue weighted by molar-refractivity contribution is 7.99. The van der Waals surface area contributed by atoms with Crippen molar-refractivity contribution in [2.45, 2.75) is 32.0 Å². The van der Waals surface area contributed by atoms with E-state index < -0.39 is 6.10 Å². The first-order valence-electron chi connectivity index (χ1n) is 9.62. The highest BCUT2D eigenvalue weighted by atomic mass is 32.2. The van der Waals surface area contributed by atoms with E-state index in [-0.39, 0.29) is 6.61 Å². The molecule has 0 saturated heterocycles. The van der Waals surface area contributed by atoms with Gasteiger partial charge < -0.3 is 14.6 Å². The number of ether oxygens (including phenoxy) is 2. The Morgan fingerprint density at radius 1 is 1.17 bits per heavy atom. The Labute approximate surface area is 180 Å². The van der Waals surface area contributed by atoms with Crippen molar-refractivity contribution < 1.29 is 14.6 Å². The highest BCUT2D eigenvalue weighted by Crippen LogP contribution is 2.29. The summed E-state index contributed by atoms with van der Waals surface area (Å²) in [5, 5.41) is 23.0. The monoisotopic (exact) mass is 426 g/mol. The number of thioether (sulfide) groups is 1. The van der Waals surface area contributed by atoms with Crippen LogP contribution in [0.5, 0.6) is 11.5 Å². The Bertz CT molecular complexity index is 1020. The van der Waals surface area contributed by atoms with Crippen molar-refractivity contribution in [2.75, 3.05) is 19.5 Å². The van der Waals surface area contributed by atoms with Gasteiger partial charge in [0.2, 0.25) is 5.16 Å². The molecule has 1 unspecified atom stereocenters. The van der Waals surface area contributed by atoms with Gasteiger partial charge in [-0.15, -0.1) is 5.10 Å². The molecular weight excluding hydrogens is 400 g/mol. The molecule has 0 aliphatic rings. The van der Waals surface area contributed by atoms with Gasteiger partial charge in [0.15, 0.2) is 11.5 Å². The topological polar surface area (TPSA) is 82.3 Å². The third kappa shape index (κ3) is 5.40. The summed E-state index contributed by atoms with van der Waals surface area (Å²) in [6.07, 6.45) is 3.25. The zero-order valence-corrected chi connectivity index (χ0v) is 18.4. The van der Waals surface area contributed by atoms with Crippen LogP contribution in [0.25, 0.3) is 11.8 Å². The molecule has 0 aliphatic heterocycles. The van der Waals surface area contributed by atoms with Crippen LogP contribution in [0.1, 0.15) is 23.6 Å². The second-order valence-electron chi connectivity index (χ2n) is 6.85. The molecule has 0 bridgehead atoms. The number of aryl methyl sites for hydroxylation is 2. The zero-order valence-electron chi connectivity index (χ0n) is 17.6. The summed E-state index contributed by atoms with van der Waals surface area (Å²) in [4.78, 5) is 0. The Hall–Kier alpha value is -2.84. The number of aromatic nitrogens is 4. The summed E-state index contributed by atoms with van der Waals surface area (Å²) in [7, 11) is 1.60. The lowest BCUT2D eigenvalue weighted by atomic mass is 10.1. The lowest BCUT2D eigenvalue weighted by Crippen LogP contribution is -2.20. The van der Waals surface area contributed by atoms with Gasteiger partial charge in [0.25, 0.3) is 0 Å². The minimum atomic E-state index is -0.696. The fraction of sp³-hybridized carbons (Fsp3) is 0.318. The molecule has 0 saturated carbocycles. The van der Waals surface area contributed by atoms with E-state index in [0.29, 0.717) is 22.4 Å². The van der Waals surface area contributed by atoms with Crippen molar-refractivity contribution in [1.82, 2.24) is 20.2 Å². The number of benzene rings is 2. The molecule has 2 aromatic carbocycles. The molecule has 158 valence electrons. The number of aliphatic hydroxyl groups excluding tert-OH is 1. The maximum Gasteiger partial charge on any atom is 0.214 e. The average Bonchev–Trinajstić information content (AvgIpc) is 3.21. The number of allylic oxidation sites excluding steroid dienone is 1. The van der Waals surface area contributed by atoms with Crippen molar-refractivity contribution in [3.63, 3.8) is 0 Å². The van der Waals surface area contributed by atoms with Crippen LogP contribution in [0, 0.1) is 13.8 Å². The molecule has 0 fully saturated rings. The fourth-order valence-corrected chi connectivity index (χ4v) is 3.66. The lowest BCUT2D eigenvalue weighted by molar-refractivity contribution is 0.124. The SMILES string of the molecule is C/C=C/c1ccc(OCC(O)CSc2nnnn2-c2cc(C)ccc2C)c(OC)c1. The van der Waals surface area contributed by atoms with Crippen LogP contribution < -0.4 is 9.47 Å². The van der Waals surface area contributed by atoms with Crippen LogP contribution in [-0.2, 0) is 0 Å². The van der Waals surface area contributed by atoms with Gasteiger partial charge in [-0.2, -0.15) is 4.68 Å². The summed E-state index contributed by atoms with van der Waals surface area (Å²) in [6, 6.07) is 11.8. The van der Waals surface area contributed by atoms with Gasteiger partial charge >= 0.3 is 0 Å². The minimum Gasteiger partial charge on any atom is -0.493 e. The van der Waals surface area contributed by atoms with Gasteiger partial charge in [-0.25, -0.2) is 0 Å². The van der Waals surface area contributed by atoms with Crippen LogP contribution in [-0.4, -0.2) is 50.9 Å². The first kappa shape index (κ1) is 21.9. The van der Waals surface area contributed by atoms with Crippen molar-refractivity contribution >= 4 is 17.8 Å². The van der Waals surface area contributed by atoms with Gasteiger partial charge in [-0.3, -0.25) is 0 Å². The number of hydrogen-bond acceptors (Lipinski definition) is 7. The standard InChI is InChI=1S/C22H26N4O3S/c1-5-6-17-9-10-20(21(12-17)28-4)29-13-18(27)14-30-22-23-24-25-26(22)19-11-15(2)7-8-16(19)3/h5-12,18,27H,13-14H2,1-4H3/b6-5+. The summed E-state index contributed by atoms with van der Waals surface area (Å²) < 4.78 is 12.9. The van der Waals surface area contributed by atoms with E-state index in [2.05, 4.69) is 21.6 Å². The molecular formula is C22H26N4O3S. The molecule has 7 nitrogen and oxygen atoms in total. The molecule has 1 atom stereocenters. The summed E-state index contributed by atoms with van der Waals surface area (Å²) in [6.45, 7) is 6.14. The van der Waals surface area contributed by atoms with E-state index in [9.17, 15) is 5.11 Å². The Kier molecular flexibility index (Phi) is 7.48. The smallest absolute Gasteiger partial charge is 0.214 e. The predicted molar refractivity (Wildman–Crippen MR) is 119 cm³/mol. The van der Waals surface area contributed by atoms with Crippen LogP contribution >= 0.6 is 11.8 Å². The molecule has 30 heavy (non-hydrogen) atoms.